The molecule has 0 amide bonds. The van der Waals surface area contributed by atoms with Gasteiger partial charge in [0.15, 0.2) is 0 Å². The van der Waals surface area contributed by atoms with Crippen LogP contribution in [0.25, 0.3) is 54.6 Å². The van der Waals surface area contributed by atoms with E-state index in [0.29, 0.717) is 0 Å². The molecule has 0 heterocycles. The van der Waals surface area contributed by atoms with Gasteiger partial charge in [-0.05, 0) is 73.6 Å². The Morgan fingerprint density at radius 2 is 0.839 bits per heavy atom. The highest BCUT2D eigenvalue weighted by atomic mass is 14.1. The lowest BCUT2D eigenvalue weighted by molar-refractivity contribution is 1.51. The first kappa shape index (κ1) is 17.9. The highest BCUT2D eigenvalue weighted by Gasteiger charge is 2.10. The molecule has 0 unspecified atom stereocenters. The van der Waals surface area contributed by atoms with Gasteiger partial charge in [0.25, 0.3) is 0 Å². The van der Waals surface area contributed by atoms with Crippen molar-refractivity contribution in [3.63, 3.8) is 0 Å². The van der Waals surface area contributed by atoms with E-state index in [4.69, 9.17) is 0 Å². The molecule has 146 valence electrons. The molecule has 0 aromatic heterocycles. The summed E-state index contributed by atoms with van der Waals surface area (Å²) in [6, 6.07) is 41.9. The Morgan fingerprint density at radius 1 is 0.323 bits per heavy atom. The van der Waals surface area contributed by atoms with Crippen LogP contribution in [-0.2, 0) is 0 Å². The fourth-order valence-corrected chi connectivity index (χ4v) is 4.76. The van der Waals surface area contributed by atoms with Crippen molar-refractivity contribution in [2.75, 3.05) is 0 Å². The van der Waals surface area contributed by atoms with Gasteiger partial charge < -0.3 is 0 Å². The zero-order chi connectivity index (χ0) is 20.8. The lowest BCUT2D eigenvalue weighted by Gasteiger charge is -2.13. The van der Waals surface area contributed by atoms with Gasteiger partial charge in [0, 0.05) is 0 Å². The van der Waals surface area contributed by atoms with E-state index in [9.17, 15) is 0 Å². The summed E-state index contributed by atoms with van der Waals surface area (Å²) in [6.45, 7) is 2.17. The quantitative estimate of drug-likeness (QED) is 0.257. The predicted octanol–water partition coefficient (Wildman–Crippen LogP) is 8.79. The van der Waals surface area contributed by atoms with Crippen molar-refractivity contribution in [1.82, 2.24) is 0 Å². The average Bonchev–Trinajstić information content (AvgIpc) is 2.84. The second kappa shape index (κ2) is 7.11. The van der Waals surface area contributed by atoms with Crippen molar-refractivity contribution in [3.8, 4) is 22.3 Å². The van der Waals surface area contributed by atoms with Crippen molar-refractivity contribution < 1.29 is 0 Å². The molecule has 0 aliphatic carbocycles. The molecule has 0 atom stereocenters. The Morgan fingerprint density at radius 3 is 1.58 bits per heavy atom. The Balaban J connectivity index is 1.63. The van der Waals surface area contributed by atoms with Gasteiger partial charge in [-0.2, -0.15) is 0 Å². The van der Waals surface area contributed by atoms with E-state index in [1.807, 2.05) is 0 Å². The normalized spacial score (nSPS) is 11.4. The lowest BCUT2D eigenvalue weighted by Crippen LogP contribution is -1.86. The van der Waals surface area contributed by atoms with Gasteiger partial charge in [-0.3, -0.25) is 0 Å². The topological polar surface area (TPSA) is 0 Å². The van der Waals surface area contributed by atoms with Crippen molar-refractivity contribution in [2.24, 2.45) is 0 Å². The van der Waals surface area contributed by atoms with Crippen LogP contribution in [0.15, 0.2) is 115 Å². The molecule has 0 nitrogen and oxygen atoms in total. The molecular weight excluding hydrogens is 372 g/mol. The van der Waals surface area contributed by atoms with Crippen LogP contribution >= 0.6 is 0 Å². The van der Waals surface area contributed by atoms with E-state index in [1.165, 1.54) is 60.1 Å². The van der Waals surface area contributed by atoms with E-state index < -0.39 is 0 Å². The first-order valence-electron chi connectivity index (χ1n) is 10.8. The van der Waals surface area contributed by atoms with Crippen LogP contribution in [0.4, 0.5) is 0 Å². The highest BCUT2D eigenvalue weighted by molar-refractivity contribution is 6.25. The molecule has 0 aliphatic heterocycles. The van der Waals surface area contributed by atoms with Gasteiger partial charge in [-0.25, -0.2) is 0 Å². The Kier molecular flexibility index (Phi) is 4.11. The Bertz CT molecular complexity index is 1570. The number of aryl methyl sites for hydroxylation is 1. The van der Waals surface area contributed by atoms with Gasteiger partial charge in [0.1, 0.15) is 0 Å². The largest absolute Gasteiger partial charge is 0.0622 e. The third kappa shape index (κ3) is 3.00. The van der Waals surface area contributed by atoms with E-state index >= 15 is 0 Å². The maximum absolute atomic E-state index is 2.37. The number of benzene rings is 6. The summed E-state index contributed by atoms with van der Waals surface area (Å²) in [5.74, 6) is 0. The van der Waals surface area contributed by atoms with Crippen LogP contribution in [-0.4, -0.2) is 0 Å². The summed E-state index contributed by atoms with van der Waals surface area (Å²) < 4.78 is 0. The van der Waals surface area contributed by atoms with Crippen LogP contribution in [0.1, 0.15) is 5.56 Å². The lowest BCUT2D eigenvalue weighted by atomic mass is 9.91. The molecular formula is C31H22. The molecule has 0 fully saturated rings. The minimum atomic E-state index is 1.25. The fourth-order valence-electron chi connectivity index (χ4n) is 4.76. The average molecular weight is 395 g/mol. The van der Waals surface area contributed by atoms with Gasteiger partial charge in [0.2, 0.25) is 0 Å². The molecule has 31 heavy (non-hydrogen) atoms. The monoisotopic (exact) mass is 394 g/mol. The molecule has 0 spiro atoms. The SMILES string of the molecule is Cc1ccc2c3ccccc3c3ccc(-c4cccc(-c5ccccc5)c4)cc3c2c1. The summed E-state index contributed by atoms with van der Waals surface area (Å²) >= 11 is 0. The molecule has 6 aromatic rings. The maximum Gasteiger partial charge on any atom is -0.00927 e. The van der Waals surface area contributed by atoms with Crippen molar-refractivity contribution in [2.45, 2.75) is 6.92 Å². The smallest absolute Gasteiger partial charge is 0.00927 e. The summed E-state index contributed by atoms with van der Waals surface area (Å²) in [5, 5.41) is 7.93. The van der Waals surface area contributed by atoms with Crippen molar-refractivity contribution in [1.29, 1.82) is 0 Å². The molecule has 6 rings (SSSR count). The van der Waals surface area contributed by atoms with Crippen molar-refractivity contribution in [3.05, 3.63) is 121 Å². The van der Waals surface area contributed by atoms with Crippen LogP contribution < -0.4 is 0 Å². The third-order valence-electron chi connectivity index (χ3n) is 6.30. The zero-order valence-corrected chi connectivity index (χ0v) is 17.5. The predicted molar refractivity (Wildman–Crippen MR) is 135 cm³/mol. The van der Waals surface area contributed by atoms with Crippen LogP contribution in [0.2, 0.25) is 0 Å². The number of rotatable bonds is 2. The van der Waals surface area contributed by atoms with Crippen molar-refractivity contribution >= 4 is 32.3 Å². The summed E-state index contributed by atoms with van der Waals surface area (Å²) in [5.41, 5.74) is 6.29. The Hall–Kier alpha value is -3.90. The molecule has 6 aromatic carbocycles. The molecule has 0 saturated heterocycles. The van der Waals surface area contributed by atoms with E-state index in [-0.39, 0.29) is 0 Å². The maximum atomic E-state index is 2.37. The highest BCUT2D eigenvalue weighted by Crippen LogP contribution is 2.38. The van der Waals surface area contributed by atoms with Gasteiger partial charge in [0.05, 0.1) is 0 Å². The molecule has 0 bridgehead atoms. The summed E-state index contributed by atoms with van der Waals surface area (Å²) in [6.07, 6.45) is 0. The first-order valence-corrected chi connectivity index (χ1v) is 10.8. The van der Waals surface area contributed by atoms with Crippen LogP contribution in [0.3, 0.4) is 0 Å². The van der Waals surface area contributed by atoms with Gasteiger partial charge in [-0.1, -0.05) is 109 Å². The Labute approximate surface area is 182 Å². The summed E-state index contributed by atoms with van der Waals surface area (Å²) in [4.78, 5) is 0. The van der Waals surface area contributed by atoms with E-state index in [2.05, 4.69) is 122 Å². The first-order chi connectivity index (χ1) is 15.3. The van der Waals surface area contributed by atoms with Crippen LogP contribution in [0.5, 0.6) is 0 Å². The molecule has 0 radical (unpaired) electrons. The molecule has 0 saturated carbocycles. The van der Waals surface area contributed by atoms with E-state index in [1.54, 1.807) is 0 Å². The third-order valence-corrected chi connectivity index (χ3v) is 6.30. The second-order valence-corrected chi connectivity index (χ2v) is 8.30. The number of fused-ring (bicyclic) bond motifs is 6. The van der Waals surface area contributed by atoms with Crippen LogP contribution in [0, 0.1) is 6.92 Å². The second-order valence-electron chi connectivity index (χ2n) is 8.30. The summed E-state index contributed by atoms with van der Waals surface area (Å²) in [7, 11) is 0. The molecule has 0 N–H and O–H groups in total. The molecule has 0 heteroatoms. The minimum Gasteiger partial charge on any atom is -0.0622 e. The minimum absolute atomic E-state index is 1.25. The standard InChI is InChI=1S/C31H22/c1-21-14-16-28-26-12-5-6-13-27(26)29-17-15-25(20-31(29)30(28)18-21)24-11-7-10-23(19-24)22-8-3-2-4-9-22/h2-20H,1H3. The van der Waals surface area contributed by atoms with Gasteiger partial charge in [-0.15, -0.1) is 0 Å². The van der Waals surface area contributed by atoms with E-state index in [0.717, 1.165) is 0 Å². The fraction of sp³-hybridized carbons (Fsp3) is 0.0323. The number of hydrogen-bond acceptors (Lipinski definition) is 0. The number of hydrogen-bond donors (Lipinski definition) is 0. The zero-order valence-electron chi connectivity index (χ0n) is 17.5. The van der Waals surface area contributed by atoms with Gasteiger partial charge >= 0.3 is 0 Å². The molecule has 0 aliphatic rings.